The lowest BCUT2D eigenvalue weighted by Crippen LogP contribution is -2.38. The van der Waals surface area contributed by atoms with E-state index in [1.165, 1.54) is 11.1 Å². The number of hydrogen-bond donors (Lipinski definition) is 1. The van der Waals surface area contributed by atoms with Crippen molar-refractivity contribution >= 4 is 11.6 Å². The minimum atomic E-state index is 0.186. The van der Waals surface area contributed by atoms with Crippen LogP contribution in [-0.2, 0) is 23.2 Å². The molecule has 3 heteroatoms. The van der Waals surface area contributed by atoms with Crippen molar-refractivity contribution in [1.82, 2.24) is 4.90 Å². The maximum Gasteiger partial charge on any atom is 0.226 e. The van der Waals surface area contributed by atoms with Crippen LogP contribution in [0.4, 0.5) is 5.69 Å². The molecule has 1 heterocycles. The van der Waals surface area contributed by atoms with Gasteiger partial charge < -0.3 is 10.2 Å². The van der Waals surface area contributed by atoms with E-state index in [2.05, 4.69) is 81.5 Å². The summed E-state index contributed by atoms with van der Waals surface area (Å²) >= 11 is 0. The summed E-state index contributed by atoms with van der Waals surface area (Å²) in [6, 6.07) is 17.1. The Morgan fingerprint density at radius 2 is 1.54 bits per heavy atom. The molecule has 1 amide bonds. The lowest BCUT2D eigenvalue weighted by Gasteiger charge is -2.30. The number of anilines is 1. The highest BCUT2D eigenvalue weighted by molar-refractivity contribution is 5.79. The van der Waals surface area contributed by atoms with E-state index < -0.39 is 0 Å². The number of carbonyl (C=O) groups is 1. The number of rotatable bonds is 5. The van der Waals surface area contributed by atoms with E-state index in [9.17, 15) is 4.79 Å². The zero-order chi connectivity index (χ0) is 20.1. The highest BCUT2D eigenvalue weighted by Crippen LogP contribution is 2.22. The summed E-state index contributed by atoms with van der Waals surface area (Å²) in [5, 5.41) is 3.47. The maximum absolute atomic E-state index is 12.5. The van der Waals surface area contributed by atoms with E-state index >= 15 is 0 Å². The van der Waals surface area contributed by atoms with Crippen molar-refractivity contribution in [2.45, 2.75) is 58.9 Å². The molecule has 28 heavy (non-hydrogen) atoms. The van der Waals surface area contributed by atoms with Gasteiger partial charge in [-0.2, -0.15) is 0 Å². The molecule has 0 radical (unpaired) electrons. The molecule has 0 aliphatic carbocycles. The number of likely N-dealkylation sites (tertiary alicyclic amines) is 1. The third kappa shape index (κ3) is 5.60. The molecule has 0 bridgehead atoms. The summed E-state index contributed by atoms with van der Waals surface area (Å²) in [4.78, 5) is 14.5. The molecule has 0 spiro atoms. The van der Waals surface area contributed by atoms with Crippen LogP contribution in [0, 0.1) is 5.92 Å². The van der Waals surface area contributed by atoms with Crippen molar-refractivity contribution in [3.05, 3.63) is 65.2 Å². The molecule has 1 fully saturated rings. The Kier molecular flexibility index (Phi) is 6.43. The first-order valence-electron chi connectivity index (χ1n) is 10.5. The second kappa shape index (κ2) is 8.81. The first-order chi connectivity index (χ1) is 13.3. The van der Waals surface area contributed by atoms with Gasteiger partial charge in [0, 0.05) is 25.3 Å². The monoisotopic (exact) mass is 378 g/mol. The van der Waals surface area contributed by atoms with E-state index in [1.807, 2.05) is 4.90 Å². The molecule has 150 valence electrons. The average Bonchev–Trinajstić information content (AvgIpc) is 2.67. The number of nitrogens with zero attached hydrogens (tertiary/aromatic N) is 1. The third-order valence-electron chi connectivity index (χ3n) is 5.76. The zero-order valence-corrected chi connectivity index (χ0v) is 17.8. The molecule has 0 atom stereocenters. The standard InChI is InChI=1S/C25H34N2O/c1-19-13-15-27(16-14-19)24(28)17-20-7-11-23(12-8-20)26-18-21-5-9-22(10-6-21)25(2,3)4/h5-12,19,26H,13-18H2,1-4H3. The third-order valence-corrected chi connectivity index (χ3v) is 5.76. The quantitative estimate of drug-likeness (QED) is 0.756. The molecular formula is C25H34N2O. The second-order valence-corrected chi connectivity index (χ2v) is 9.24. The zero-order valence-electron chi connectivity index (χ0n) is 17.8. The number of piperidine rings is 1. The van der Waals surface area contributed by atoms with E-state index in [0.717, 1.165) is 49.6 Å². The van der Waals surface area contributed by atoms with Crippen molar-refractivity contribution in [2.24, 2.45) is 5.92 Å². The van der Waals surface area contributed by atoms with Crippen molar-refractivity contribution in [2.75, 3.05) is 18.4 Å². The largest absolute Gasteiger partial charge is 0.381 e. The lowest BCUT2D eigenvalue weighted by atomic mass is 9.87. The summed E-state index contributed by atoms with van der Waals surface area (Å²) in [6.45, 7) is 11.6. The highest BCUT2D eigenvalue weighted by atomic mass is 16.2. The SMILES string of the molecule is CC1CCN(C(=O)Cc2ccc(NCc3ccc(C(C)(C)C)cc3)cc2)CC1. The lowest BCUT2D eigenvalue weighted by molar-refractivity contribution is -0.131. The molecule has 1 aliphatic heterocycles. The van der Waals surface area contributed by atoms with Gasteiger partial charge in [-0.15, -0.1) is 0 Å². The van der Waals surface area contributed by atoms with Gasteiger partial charge in [-0.25, -0.2) is 0 Å². The topological polar surface area (TPSA) is 32.3 Å². The van der Waals surface area contributed by atoms with Gasteiger partial charge in [0.1, 0.15) is 0 Å². The van der Waals surface area contributed by atoms with Crippen LogP contribution < -0.4 is 5.32 Å². The normalized spacial score (nSPS) is 15.5. The molecule has 0 saturated carbocycles. The number of carbonyl (C=O) groups excluding carboxylic acids is 1. The Labute approximate surface area is 170 Å². The van der Waals surface area contributed by atoms with Gasteiger partial charge in [-0.3, -0.25) is 4.79 Å². The van der Waals surface area contributed by atoms with Gasteiger partial charge in [-0.05, 0) is 53.0 Å². The van der Waals surface area contributed by atoms with Crippen molar-refractivity contribution < 1.29 is 4.79 Å². The fourth-order valence-corrected chi connectivity index (χ4v) is 3.61. The highest BCUT2D eigenvalue weighted by Gasteiger charge is 2.20. The molecule has 2 aromatic carbocycles. The van der Waals surface area contributed by atoms with E-state index in [-0.39, 0.29) is 11.3 Å². The molecule has 3 nitrogen and oxygen atoms in total. The fraction of sp³-hybridized carbons (Fsp3) is 0.480. The van der Waals surface area contributed by atoms with Crippen molar-refractivity contribution in [1.29, 1.82) is 0 Å². The number of nitrogens with one attached hydrogen (secondary N) is 1. The van der Waals surface area contributed by atoms with Gasteiger partial charge >= 0.3 is 0 Å². The fourth-order valence-electron chi connectivity index (χ4n) is 3.61. The van der Waals surface area contributed by atoms with E-state index in [4.69, 9.17) is 0 Å². The van der Waals surface area contributed by atoms with Crippen molar-refractivity contribution in [3.63, 3.8) is 0 Å². The number of benzene rings is 2. The van der Waals surface area contributed by atoms with Crippen LogP contribution in [-0.4, -0.2) is 23.9 Å². The van der Waals surface area contributed by atoms with Crippen LogP contribution in [0.3, 0.4) is 0 Å². The van der Waals surface area contributed by atoms with Gasteiger partial charge in [-0.1, -0.05) is 64.1 Å². The van der Waals surface area contributed by atoms with E-state index in [1.54, 1.807) is 0 Å². The minimum Gasteiger partial charge on any atom is -0.381 e. The summed E-state index contributed by atoms with van der Waals surface area (Å²) in [6.07, 6.45) is 2.76. The van der Waals surface area contributed by atoms with Crippen LogP contribution in [0.15, 0.2) is 48.5 Å². The molecule has 2 aromatic rings. The molecule has 0 aromatic heterocycles. The van der Waals surface area contributed by atoms with Crippen LogP contribution in [0.5, 0.6) is 0 Å². The molecule has 1 N–H and O–H groups in total. The van der Waals surface area contributed by atoms with Gasteiger partial charge in [0.05, 0.1) is 6.42 Å². The molecule has 0 unspecified atom stereocenters. The molecule has 3 rings (SSSR count). The summed E-state index contributed by atoms with van der Waals surface area (Å²) in [5.74, 6) is 1.01. The Bertz CT molecular complexity index is 764. The second-order valence-electron chi connectivity index (χ2n) is 9.24. The molecule has 1 aliphatic rings. The predicted octanol–water partition coefficient (Wildman–Crippen LogP) is 5.40. The van der Waals surface area contributed by atoms with Crippen LogP contribution >= 0.6 is 0 Å². The average molecular weight is 379 g/mol. The Hall–Kier alpha value is -2.29. The van der Waals surface area contributed by atoms with Gasteiger partial charge in [0.15, 0.2) is 0 Å². The first-order valence-corrected chi connectivity index (χ1v) is 10.5. The predicted molar refractivity (Wildman–Crippen MR) is 118 cm³/mol. The Morgan fingerprint density at radius 1 is 0.964 bits per heavy atom. The Balaban J connectivity index is 1.49. The Morgan fingerprint density at radius 3 is 2.11 bits per heavy atom. The van der Waals surface area contributed by atoms with Crippen LogP contribution in [0.1, 0.15) is 57.2 Å². The van der Waals surface area contributed by atoms with Crippen LogP contribution in [0.2, 0.25) is 0 Å². The number of hydrogen-bond acceptors (Lipinski definition) is 2. The molecular weight excluding hydrogens is 344 g/mol. The van der Waals surface area contributed by atoms with E-state index in [0.29, 0.717) is 6.42 Å². The van der Waals surface area contributed by atoms with Crippen molar-refractivity contribution in [3.8, 4) is 0 Å². The summed E-state index contributed by atoms with van der Waals surface area (Å²) < 4.78 is 0. The smallest absolute Gasteiger partial charge is 0.226 e. The minimum absolute atomic E-state index is 0.186. The summed E-state index contributed by atoms with van der Waals surface area (Å²) in [7, 11) is 0. The van der Waals surface area contributed by atoms with Gasteiger partial charge in [0.2, 0.25) is 5.91 Å². The number of amides is 1. The first kappa shape index (κ1) is 20.4. The van der Waals surface area contributed by atoms with Gasteiger partial charge in [0.25, 0.3) is 0 Å². The maximum atomic E-state index is 12.5. The summed E-state index contributed by atoms with van der Waals surface area (Å²) in [5.41, 5.74) is 4.98. The molecule has 1 saturated heterocycles. The van der Waals surface area contributed by atoms with Crippen LogP contribution in [0.25, 0.3) is 0 Å².